The van der Waals surface area contributed by atoms with Gasteiger partial charge in [-0.15, -0.1) is 0 Å². The van der Waals surface area contributed by atoms with Crippen LogP contribution in [0.2, 0.25) is 0 Å². The van der Waals surface area contributed by atoms with Gasteiger partial charge in [0.25, 0.3) is 0 Å². The average molecular weight is 314 g/mol. The van der Waals surface area contributed by atoms with Gasteiger partial charge in [0, 0.05) is 38.4 Å². The van der Waals surface area contributed by atoms with E-state index in [4.69, 9.17) is 0 Å². The van der Waals surface area contributed by atoms with E-state index in [1.54, 1.807) is 6.33 Å². The highest BCUT2D eigenvalue weighted by atomic mass is 16.2. The molecular weight excluding hydrogens is 292 g/mol. The van der Waals surface area contributed by atoms with Gasteiger partial charge in [-0.1, -0.05) is 0 Å². The Morgan fingerprint density at radius 1 is 1.13 bits per heavy atom. The van der Waals surface area contributed by atoms with E-state index in [2.05, 4.69) is 20.3 Å². The van der Waals surface area contributed by atoms with Gasteiger partial charge in [0.05, 0.1) is 5.52 Å². The number of nitrogens with zero attached hydrogens (tertiary/aromatic N) is 4. The summed E-state index contributed by atoms with van der Waals surface area (Å²) in [6, 6.07) is 2.51. The van der Waals surface area contributed by atoms with Crippen molar-refractivity contribution in [2.24, 2.45) is 0 Å². The molecule has 4 rings (SSSR count). The molecule has 0 aliphatic carbocycles. The third kappa shape index (κ3) is 2.83. The van der Waals surface area contributed by atoms with Crippen LogP contribution in [0, 0.1) is 0 Å². The maximum absolute atomic E-state index is 12.4. The van der Waals surface area contributed by atoms with Crippen LogP contribution in [0.4, 0.5) is 10.6 Å². The molecule has 2 amide bonds. The molecule has 4 heterocycles. The number of fused-ring (bicyclic) bond motifs is 1. The fraction of sp³-hybridized carbons (Fsp3) is 0.562. The number of carbonyl (C=O) groups excluding carboxylic acids is 1. The first-order valence-corrected chi connectivity index (χ1v) is 8.40. The van der Waals surface area contributed by atoms with Gasteiger partial charge >= 0.3 is 6.03 Å². The molecule has 122 valence electrons. The molecule has 0 bridgehead atoms. The van der Waals surface area contributed by atoms with Crippen molar-refractivity contribution in [1.82, 2.24) is 24.8 Å². The summed E-state index contributed by atoms with van der Waals surface area (Å²) >= 11 is 0. The molecule has 0 unspecified atom stereocenters. The zero-order chi connectivity index (χ0) is 15.6. The second kappa shape index (κ2) is 6.06. The molecular formula is C16H22N6O. The van der Waals surface area contributed by atoms with Gasteiger partial charge in [-0.3, -0.25) is 0 Å². The Bertz CT molecular complexity index is 685. The van der Waals surface area contributed by atoms with Crippen LogP contribution >= 0.6 is 0 Å². The van der Waals surface area contributed by atoms with Gasteiger partial charge in [0.1, 0.15) is 11.8 Å². The van der Waals surface area contributed by atoms with Crippen LogP contribution in [-0.2, 0) is 0 Å². The third-order valence-electron chi connectivity index (χ3n) is 4.83. The van der Waals surface area contributed by atoms with Crippen molar-refractivity contribution in [1.29, 1.82) is 0 Å². The normalized spacial score (nSPS) is 19.5. The number of nitrogens with one attached hydrogen (secondary N) is 2. The highest BCUT2D eigenvalue weighted by Gasteiger charge is 2.28. The number of rotatable bonds is 2. The molecule has 2 saturated heterocycles. The Morgan fingerprint density at radius 2 is 1.87 bits per heavy atom. The Labute approximate surface area is 135 Å². The average Bonchev–Trinajstić information content (AvgIpc) is 3.27. The van der Waals surface area contributed by atoms with Crippen LogP contribution in [0.1, 0.15) is 25.7 Å². The molecule has 0 spiro atoms. The highest BCUT2D eigenvalue weighted by Crippen LogP contribution is 2.22. The zero-order valence-electron chi connectivity index (χ0n) is 13.2. The van der Waals surface area contributed by atoms with Crippen molar-refractivity contribution >= 4 is 22.9 Å². The summed E-state index contributed by atoms with van der Waals surface area (Å²) in [6.45, 7) is 3.46. The summed E-state index contributed by atoms with van der Waals surface area (Å²) in [5.41, 5.74) is 1.87. The number of amides is 2. The molecule has 23 heavy (non-hydrogen) atoms. The lowest BCUT2D eigenvalue weighted by Gasteiger charge is -2.35. The van der Waals surface area contributed by atoms with Crippen molar-refractivity contribution in [3.05, 3.63) is 18.6 Å². The monoisotopic (exact) mass is 314 g/mol. The minimum atomic E-state index is 0.217. The van der Waals surface area contributed by atoms with Gasteiger partial charge in [0.2, 0.25) is 0 Å². The number of hydrogen-bond donors (Lipinski definition) is 2. The van der Waals surface area contributed by atoms with Crippen molar-refractivity contribution in [3.8, 4) is 0 Å². The molecule has 2 N–H and O–H groups in total. The van der Waals surface area contributed by atoms with E-state index in [1.807, 2.05) is 22.1 Å². The number of aromatic amines is 1. The molecule has 0 radical (unpaired) electrons. The Kier molecular flexibility index (Phi) is 3.77. The van der Waals surface area contributed by atoms with Crippen LogP contribution < -0.4 is 5.32 Å². The summed E-state index contributed by atoms with van der Waals surface area (Å²) in [5.74, 6) is 0.851. The summed E-state index contributed by atoms with van der Waals surface area (Å²) in [5, 5.41) is 3.51. The minimum absolute atomic E-state index is 0.217. The van der Waals surface area contributed by atoms with E-state index < -0.39 is 0 Å². The number of carbonyl (C=O) groups is 1. The van der Waals surface area contributed by atoms with E-state index in [0.29, 0.717) is 6.04 Å². The van der Waals surface area contributed by atoms with E-state index >= 15 is 0 Å². The lowest BCUT2D eigenvalue weighted by molar-refractivity contribution is 0.150. The van der Waals surface area contributed by atoms with Gasteiger partial charge in [0.15, 0.2) is 5.82 Å². The Hall–Kier alpha value is -2.31. The molecule has 2 aromatic rings. The summed E-state index contributed by atoms with van der Waals surface area (Å²) in [7, 11) is 0. The lowest BCUT2D eigenvalue weighted by atomic mass is 10.1. The van der Waals surface area contributed by atoms with Gasteiger partial charge in [-0.05, 0) is 31.7 Å². The first-order chi connectivity index (χ1) is 11.3. The molecule has 2 aliphatic rings. The second-order valence-electron chi connectivity index (χ2n) is 6.34. The van der Waals surface area contributed by atoms with Crippen molar-refractivity contribution in [2.45, 2.75) is 31.7 Å². The molecule has 7 nitrogen and oxygen atoms in total. The van der Waals surface area contributed by atoms with E-state index in [1.165, 1.54) is 0 Å². The van der Waals surface area contributed by atoms with Crippen molar-refractivity contribution < 1.29 is 4.79 Å². The fourth-order valence-electron chi connectivity index (χ4n) is 3.50. The number of anilines is 1. The maximum Gasteiger partial charge on any atom is 0.319 e. The summed E-state index contributed by atoms with van der Waals surface area (Å²) in [6.07, 6.45) is 7.65. The first-order valence-electron chi connectivity index (χ1n) is 8.40. The molecule has 0 saturated carbocycles. The minimum Gasteiger partial charge on any atom is -0.365 e. The van der Waals surface area contributed by atoms with Crippen LogP contribution in [0.15, 0.2) is 18.6 Å². The SMILES string of the molecule is O=C(N1CCCC1)N1CCC(Nc2ncnc3cc[nH]c23)CC1. The molecule has 0 aromatic carbocycles. The first kappa shape index (κ1) is 14.3. The number of hydrogen-bond acceptors (Lipinski definition) is 4. The lowest BCUT2D eigenvalue weighted by Crippen LogP contribution is -2.47. The van der Waals surface area contributed by atoms with Gasteiger partial charge in [-0.25, -0.2) is 14.8 Å². The second-order valence-corrected chi connectivity index (χ2v) is 6.34. The zero-order valence-corrected chi connectivity index (χ0v) is 13.2. The molecule has 2 aliphatic heterocycles. The van der Waals surface area contributed by atoms with E-state index in [9.17, 15) is 4.79 Å². The number of aromatic nitrogens is 3. The topological polar surface area (TPSA) is 77.2 Å². The quantitative estimate of drug-likeness (QED) is 0.889. The summed E-state index contributed by atoms with van der Waals surface area (Å²) in [4.78, 5) is 28.2. The van der Waals surface area contributed by atoms with Crippen molar-refractivity contribution in [3.63, 3.8) is 0 Å². The van der Waals surface area contributed by atoms with E-state index in [0.717, 1.165) is 68.7 Å². The van der Waals surface area contributed by atoms with Crippen LogP contribution in [0.5, 0.6) is 0 Å². The van der Waals surface area contributed by atoms with Crippen LogP contribution in [-0.4, -0.2) is 63.0 Å². The van der Waals surface area contributed by atoms with E-state index in [-0.39, 0.29) is 6.03 Å². The molecule has 2 aromatic heterocycles. The predicted molar refractivity (Wildman–Crippen MR) is 88.3 cm³/mol. The van der Waals surface area contributed by atoms with Crippen LogP contribution in [0.25, 0.3) is 11.0 Å². The smallest absolute Gasteiger partial charge is 0.319 e. The molecule has 0 atom stereocenters. The molecule has 7 heteroatoms. The molecule has 2 fully saturated rings. The van der Waals surface area contributed by atoms with Crippen LogP contribution in [0.3, 0.4) is 0 Å². The van der Waals surface area contributed by atoms with Gasteiger partial charge in [-0.2, -0.15) is 0 Å². The number of piperidine rings is 1. The number of urea groups is 1. The standard InChI is InChI=1S/C16H22N6O/c23-16(21-7-1-2-8-21)22-9-4-12(5-10-22)20-15-14-13(3-6-17-14)18-11-19-15/h3,6,11-12,17H,1-2,4-5,7-10H2,(H,18,19,20). The Morgan fingerprint density at radius 3 is 2.65 bits per heavy atom. The third-order valence-corrected chi connectivity index (χ3v) is 4.83. The number of likely N-dealkylation sites (tertiary alicyclic amines) is 2. The number of H-pyrrole nitrogens is 1. The van der Waals surface area contributed by atoms with Gasteiger partial charge < -0.3 is 20.1 Å². The predicted octanol–water partition coefficient (Wildman–Crippen LogP) is 2.05. The Balaban J connectivity index is 1.36. The largest absolute Gasteiger partial charge is 0.365 e. The van der Waals surface area contributed by atoms with Crippen molar-refractivity contribution in [2.75, 3.05) is 31.5 Å². The maximum atomic E-state index is 12.4. The fourth-order valence-corrected chi connectivity index (χ4v) is 3.50. The highest BCUT2D eigenvalue weighted by molar-refractivity contribution is 5.85. The summed E-state index contributed by atoms with van der Waals surface area (Å²) < 4.78 is 0.